The molecule has 1 aromatic heterocycles. The number of nitrogens with one attached hydrogen (secondary N) is 1. The number of ketones is 1. The van der Waals surface area contributed by atoms with Crippen LogP contribution in [-0.2, 0) is 16.1 Å². The van der Waals surface area contributed by atoms with Crippen molar-refractivity contribution < 1.29 is 14.3 Å². The molecule has 0 saturated heterocycles. The zero-order valence-electron chi connectivity index (χ0n) is 18.6. The van der Waals surface area contributed by atoms with E-state index in [1.54, 1.807) is 31.4 Å². The first kappa shape index (κ1) is 23.7. The Morgan fingerprint density at radius 2 is 1.91 bits per heavy atom. The second-order valence-electron chi connectivity index (χ2n) is 7.41. The predicted molar refractivity (Wildman–Crippen MR) is 127 cm³/mol. The summed E-state index contributed by atoms with van der Waals surface area (Å²) >= 11 is 1.36. The van der Waals surface area contributed by atoms with Crippen LogP contribution < -0.4 is 5.32 Å². The Kier molecular flexibility index (Phi) is 8.58. The first-order valence-electron chi connectivity index (χ1n) is 10.6. The van der Waals surface area contributed by atoms with Gasteiger partial charge in [-0.2, -0.15) is 0 Å². The van der Waals surface area contributed by atoms with Gasteiger partial charge in [0.1, 0.15) is 0 Å². The number of benzene rings is 2. The number of thioether (sulfide) groups is 1. The lowest BCUT2D eigenvalue weighted by atomic mass is 10.1. The van der Waals surface area contributed by atoms with E-state index in [0.717, 1.165) is 23.4 Å². The van der Waals surface area contributed by atoms with E-state index < -0.39 is 0 Å². The molecule has 0 aliphatic heterocycles. The molecule has 0 bridgehead atoms. The number of carbonyl (C=O) groups is 2. The summed E-state index contributed by atoms with van der Waals surface area (Å²) in [6, 6.07) is 15.1. The van der Waals surface area contributed by atoms with Crippen molar-refractivity contribution in [3.63, 3.8) is 0 Å². The number of aryl methyl sites for hydroxylation is 1. The van der Waals surface area contributed by atoms with Crippen LogP contribution in [0.5, 0.6) is 0 Å². The Morgan fingerprint density at radius 1 is 1.12 bits per heavy atom. The van der Waals surface area contributed by atoms with E-state index in [2.05, 4.69) is 21.6 Å². The maximum absolute atomic E-state index is 12.7. The van der Waals surface area contributed by atoms with Crippen molar-refractivity contribution in [2.24, 2.45) is 0 Å². The minimum Gasteiger partial charge on any atom is -0.383 e. The molecular formula is C24H28N4O3S. The van der Waals surface area contributed by atoms with Gasteiger partial charge in [0.15, 0.2) is 16.8 Å². The quantitative estimate of drug-likeness (QED) is 0.338. The lowest BCUT2D eigenvalue weighted by molar-refractivity contribution is -0.116. The number of carbonyl (C=O) groups excluding carboxylic acids is 2. The van der Waals surface area contributed by atoms with Gasteiger partial charge in [0.25, 0.3) is 0 Å². The van der Waals surface area contributed by atoms with Crippen LogP contribution in [0, 0.1) is 6.92 Å². The normalized spacial score (nSPS) is 10.8. The number of aromatic nitrogens is 3. The topological polar surface area (TPSA) is 86.1 Å². The summed E-state index contributed by atoms with van der Waals surface area (Å²) in [5, 5.41) is 12.2. The molecule has 7 nitrogen and oxygen atoms in total. The molecule has 2 aromatic carbocycles. The lowest BCUT2D eigenvalue weighted by Gasteiger charge is -2.10. The van der Waals surface area contributed by atoms with Crippen LogP contribution in [-0.4, -0.2) is 45.9 Å². The third-order valence-electron chi connectivity index (χ3n) is 4.81. The van der Waals surface area contributed by atoms with E-state index in [0.29, 0.717) is 36.0 Å². The van der Waals surface area contributed by atoms with Crippen LogP contribution >= 0.6 is 11.8 Å². The first-order valence-corrected chi connectivity index (χ1v) is 11.6. The van der Waals surface area contributed by atoms with Gasteiger partial charge < -0.3 is 10.1 Å². The fraction of sp³-hybridized carbons (Fsp3) is 0.333. The number of amides is 1. The minimum atomic E-state index is -0.0260. The molecule has 3 aromatic rings. The molecule has 8 heteroatoms. The van der Waals surface area contributed by atoms with Crippen molar-refractivity contribution in [1.82, 2.24) is 14.8 Å². The number of anilines is 1. The van der Waals surface area contributed by atoms with E-state index in [4.69, 9.17) is 4.74 Å². The zero-order chi connectivity index (χ0) is 22.9. The third-order valence-corrected chi connectivity index (χ3v) is 5.78. The van der Waals surface area contributed by atoms with E-state index in [9.17, 15) is 9.59 Å². The molecule has 168 valence electrons. The third kappa shape index (κ3) is 6.27. The van der Waals surface area contributed by atoms with Gasteiger partial charge >= 0.3 is 0 Å². The smallest absolute Gasteiger partial charge is 0.224 e. The van der Waals surface area contributed by atoms with Gasteiger partial charge in [-0.15, -0.1) is 10.2 Å². The fourth-order valence-corrected chi connectivity index (χ4v) is 4.04. The van der Waals surface area contributed by atoms with E-state index in [1.165, 1.54) is 11.8 Å². The van der Waals surface area contributed by atoms with Crippen LogP contribution in [0.3, 0.4) is 0 Å². The molecule has 0 fully saturated rings. The molecule has 1 heterocycles. The molecule has 0 spiro atoms. The van der Waals surface area contributed by atoms with Crippen LogP contribution in [0.1, 0.15) is 35.7 Å². The second kappa shape index (κ2) is 11.6. The maximum Gasteiger partial charge on any atom is 0.224 e. The maximum atomic E-state index is 12.7. The molecule has 0 aliphatic rings. The van der Waals surface area contributed by atoms with Crippen LogP contribution in [0.15, 0.2) is 53.7 Å². The molecule has 0 atom stereocenters. The fourth-order valence-electron chi connectivity index (χ4n) is 3.18. The number of hydrogen-bond acceptors (Lipinski definition) is 6. The van der Waals surface area contributed by atoms with Crippen molar-refractivity contribution in [1.29, 1.82) is 0 Å². The van der Waals surface area contributed by atoms with E-state index in [1.807, 2.05) is 36.6 Å². The van der Waals surface area contributed by atoms with Gasteiger partial charge in [0, 0.05) is 30.3 Å². The summed E-state index contributed by atoms with van der Waals surface area (Å²) in [6.07, 6.45) is 1.27. The number of methoxy groups -OCH3 is 1. The zero-order valence-corrected chi connectivity index (χ0v) is 19.4. The number of Topliss-reactive ketones (excluding diaryl/α,β-unsaturated/α-hetero) is 1. The number of ether oxygens (including phenoxy) is 1. The Balaban J connectivity index is 1.69. The summed E-state index contributed by atoms with van der Waals surface area (Å²) in [4.78, 5) is 24.4. The molecule has 1 N–H and O–H groups in total. The van der Waals surface area contributed by atoms with Crippen LogP contribution in [0.4, 0.5) is 5.69 Å². The van der Waals surface area contributed by atoms with Crippen LogP contribution in [0.2, 0.25) is 0 Å². The Bertz CT molecular complexity index is 1060. The predicted octanol–water partition coefficient (Wildman–Crippen LogP) is 4.61. The number of rotatable bonds is 11. The van der Waals surface area contributed by atoms with Crippen molar-refractivity contribution in [3.8, 4) is 11.4 Å². The summed E-state index contributed by atoms with van der Waals surface area (Å²) in [5.41, 5.74) is 3.40. The van der Waals surface area contributed by atoms with Crippen molar-refractivity contribution in [3.05, 3.63) is 59.7 Å². The van der Waals surface area contributed by atoms with Gasteiger partial charge in [-0.25, -0.2) is 0 Å². The average molecular weight is 453 g/mol. The first-order chi connectivity index (χ1) is 15.5. The Labute approximate surface area is 192 Å². The van der Waals surface area contributed by atoms with Gasteiger partial charge in [-0.3, -0.25) is 14.2 Å². The largest absolute Gasteiger partial charge is 0.383 e. The lowest BCUT2D eigenvalue weighted by Crippen LogP contribution is -2.11. The molecular weight excluding hydrogens is 424 g/mol. The van der Waals surface area contributed by atoms with E-state index >= 15 is 0 Å². The standard InChI is InChI=1S/C24H28N4O3S/c1-4-6-22(30)25-20-11-9-18(10-12-20)21(29)16-32-24-27-26-23(28(24)13-14-31-3)19-8-5-7-17(2)15-19/h5,7-12,15H,4,6,13-14,16H2,1-3H3,(H,25,30). The summed E-state index contributed by atoms with van der Waals surface area (Å²) < 4.78 is 7.24. The SMILES string of the molecule is CCCC(=O)Nc1ccc(C(=O)CSc2nnc(-c3cccc(C)c3)n2CCOC)cc1. The van der Waals surface area contributed by atoms with Crippen molar-refractivity contribution >= 4 is 29.1 Å². The average Bonchev–Trinajstić information content (AvgIpc) is 3.19. The second-order valence-corrected chi connectivity index (χ2v) is 8.35. The summed E-state index contributed by atoms with van der Waals surface area (Å²) in [6.45, 7) is 5.10. The van der Waals surface area contributed by atoms with Crippen molar-refractivity contribution in [2.45, 2.75) is 38.4 Å². The number of hydrogen-bond donors (Lipinski definition) is 1. The molecule has 0 radical (unpaired) electrons. The van der Waals surface area contributed by atoms with E-state index in [-0.39, 0.29) is 17.4 Å². The Hall–Kier alpha value is -2.97. The Morgan fingerprint density at radius 3 is 2.59 bits per heavy atom. The highest BCUT2D eigenvalue weighted by Gasteiger charge is 2.16. The minimum absolute atomic E-state index is 0.0140. The molecule has 1 amide bonds. The summed E-state index contributed by atoms with van der Waals surface area (Å²) in [7, 11) is 1.65. The highest BCUT2D eigenvalue weighted by molar-refractivity contribution is 7.99. The molecule has 3 rings (SSSR count). The van der Waals surface area contributed by atoms with Gasteiger partial charge in [-0.1, -0.05) is 42.4 Å². The summed E-state index contributed by atoms with van der Waals surface area (Å²) in [5.74, 6) is 0.954. The van der Waals surface area contributed by atoms with Gasteiger partial charge in [0.05, 0.1) is 18.9 Å². The molecule has 32 heavy (non-hydrogen) atoms. The number of nitrogens with zero attached hydrogens (tertiary/aromatic N) is 3. The van der Waals surface area contributed by atoms with Crippen LogP contribution in [0.25, 0.3) is 11.4 Å². The molecule has 0 saturated carbocycles. The monoisotopic (exact) mass is 452 g/mol. The highest BCUT2D eigenvalue weighted by atomic mass is 32.2. The van der Waals surface area contributed by atoms with Gasteiger partial charge in [-0.05, 0) is 43.7 Å². The highest BCUT2D eigenvalue weighted by Crippen LogP contribution is 2.25. The van der Waals surface area contributed by atoms with Gasteiger partial charge in [0.2, 0.25) is 5.91 Å². The molecule has 0 unspecified atom stereocenters. The molecule has 0 aliphatic carbocycles. The van der Waals surface area contributed by atoms with Crippen molar-refractivity contribution in [2.75, 3.05) is 24.8 Å².